The highest BCUT2D eigenvalue weighted by Crippen LogP contribution is 2.47. The normalized spacial score (nSPS) is 17.2. The molecule has 2 fully saturated rings. The number of benzene rings is 8. The molecular weight excluding hydrogens is 1070 g/mol. The fourth-order valence-electron chi connectivity index (χ4n) is 10.8. The van der Waals surface area contributed by atoms with Gasteiger partial charge in [-0.2, -0.15) is 0 Å². The summed E-state index contributed by atoms with van der Waals surface area (Å²) in [4.78, 5) is 59.9. The number of fused-ring (bicyclic) bond motifs is 1. The van der Waals surface area contributed by atoms with Crippen molar-refractivity contribution in [1.82, 2.24) is 15.2 Å². The Morgan fingerprint density at radius 2 is 1.10 bits per heavy atom. The van der Waals surface area contributed by atoms with Gasteiger partial charge in [0.1, 0.15) is 28.3 Å². The van der Waals surface area contributed by atoms with Crippen LogP contribution in [0.15, 0.2) is 264 Å². The summed E-state index contributed by atoms with van der Waals surface area (Å²) in [7, 11) is 0. The lowest BCUT2D eigenvalue weighted by atomic mass is 9.77. The third-order valence-corrected chi connectivity index (χ3v) is 18.3. The van der Waals surface area contributed by atoms with E-state index in [2.05, 4.69) is 47.0 Å². The first-order chi connectivity index (χ1) is 39.9. The molecule has 2 amide bonds. The van der Waals surface area contributed by atoms with Gasteiger partial charge < -0.3 is 24.9 Å². The summed E-state index contributed by atoms with van der Waals surface area (Å²) in [6.07, 6.45) is 0.0512. The van der Waals surface area contributed by atoms with Crippen LogP contribution in [-0.4, -0.2) is 69.0 Å². The number of anilines is 1. The van der Waals surface area contributed by atoms with Crippen LogP contribution in [0.25, 0.3) is 0 Å². The number of carbonyl (C=O) groups is 3. The average Bonchev–Trinajstić information content (AvgIpc) is 4.30. The zero-order valence-corrected chi connectivity index (χ0v) is 46.3. The molecule has 14 heteroatoms. The quantitative estimate of drug-likeness (QED) is 0.0265. The molecule has 4 heterocycles. The number of nitrogens with zero attached hydrogens (tertiary/aromatic N) is 3. The molecule has 3 aliphatic heterocycles. The van der Waals surface area contributed by atoms with Crippen molar-refractivity contribution in [3.05, 3.63) is 309 Å². The van der Waals surface area contributed by atoms with Crippen molar-refractivity contribution >= 4 is 63.5 Å². The lowest BCUT2D eigenvalue weighted by Crippen LogP contribution is -2.71. The molecule has 0 bridgehead atoms. The van der Waals surface area contributed by atoms with E-state index in [1.54, 1.807) is 17.1 Å². The molecule has 1 aromatic heterocycles. The van der Waals surface area contributed by atoms with Gasteiger partial charge in [-0.1, -0.05) is 248 Å². The molecular formula is C67H55N5O6S3. The van der Waals surface area contributed by atoms with Gasteiger partial charge in [-0.05, 0) is 34.2 Å². The maximum absolute atomic E-state index is 15.5. The van der Waals surface area contributed by atoms with E-state index in [4.69, 9.17) is 24.5 Å². The molecule has 9 aromatic rings. The van der Waals surface area contributed by atoms with Crippen molar-refractivity contribution < 1.29 is 28.7 Å². The van der Waals surface area contributed by atoms with Gasteiger partial charge >= 0.3 is 5.97 Å². The molecule has 8 aromatic carbocycles. The number of esters is 1. The average molecular weight is 1120 g/mol. The van der Waals surface area contributed by atoms with E-state index in [-0.39, 0.29) is 22.4 Å². The van der Waals surface area contributed by atoms with Crippen LogP contribution >= 0.6 is 34.9 Å². The summed E-state index contributed by atoms with van der Waals surface area (Å²) in [5, 5.41) is 13.5. The van der Waals surface area contributed by atoms with Gasteiger partial charge in [0.15, 0.2) is 16.9 Å². The Balaban J connectivity index is 0.932. The highest BCUT2D eigenvalue weighted by Gasteiger charge is 2.55. The van der Waals surface area contributed by atoms with Gasteiger partial charge in [0.2, 0.25) is 5.60 Å². The standard InChI is InChI=1S/C67H55N5O6S3/c73-61(69-58-62(74)72-59(56(45-79-63(58)72)81-54-41-42-76-43-54)64(75)77-60(46-25-9-1-10-26-46)47-27-11-2-12-28-47)57(71-78-67(51-35-19-6-20-36-51,52-37-21-7-22-38-52)53-39-23-8-24-40-53)55-44-80-65(68-55)70-66(48-29-13-3-14-30-48,49-31-15-4-16-32-49)50-33-17-5-18-34-50/h1-40,44,54,58,60,63H,41-43,45H2,(H,68,70)(H,69,73)/b71-57-/t54?,58?,63-/m0/s1. The molecule has 11 nitrogen and oxygen atoms in total. The molecule has 2 unspecified atom stereocenters. The van der Waals surface area contributed by atoms with E-state index in [0.29, 0.717) is 24.1 Å². The van der Waals surface area contributed by atoms with Crippen LogP contribution in [0.3, 0.4) is 0 Å². The summed E-state index contributed by atoms with van der Waals surface area (Å²) in [6.45, 7) is 1.14. The van der Waals surface area contributed by atoms with Crippen molar-refractivity contribution in [3.63, 3.8) is 0 Å². The molecule has 0 radical (unpaired) electrons. The minimum atomic E-state index is -1.37. The number of ether oxygens (including phenoxy) is 2. The van der Waals surface area contributed by atoms with Crippen LogP contribution in [0.5, 0.6) is 0 Å². The van der Waals surface area contributed by atoms with Gasteiger partial charge in [-0.15, -0.1) is 34.9 Å². The van der Waals surface area contributed by atoms with Crippen molar-refractivity contribution in [2.24, 2.45) is 5.16 Å². The van der Waals surface area contributed by atoms with E-state index in [9.17, 15) is 9.59 Å². The Hall–Kier alpha value is -8.53. The van der Waals surface area contributed by atoms with Crippen molar-refractivity contribution in [3.8, 4) is 0 Å². The number of amides is 2. The Labute approximate surface area is 483 Å². The van der Waals surface area contributed by atoms with E-state index >= 15 is 4.79 Å². The SMILES string of the molecule is O=C(OC(c1ccccc1)c1ccccc1)C1=C(SC2CCOC2)CS[C@H]2C(NC(=O)/C(=N\OC(c3ccccc3)(c3ccccc3)c3ccccc3)c3csc(NC(c4ccccc4)(c4ccccc4)c4ccccc4)n3)C(=O)N12. The molecule has 0 spiro atoms. The number of aromatic nitrogens is 1. The summed E-state index contributed by atoms with van der Waals surface area (Å²) in [5.41, 5.74) is 4.69. The third kappa shape index (κ3) is 10.7. The first-order valence-corrected chi connectivity index (χ1v) is 29.6. The minimum Gasteiger partial charge on any atom is -0.448 e. The van der Waals surface area contributed by atoms with Gasteiger partial charge in [-0.3, -0.25) is 14.5 Å². The topological polar surface area (TPSA) is 131 Å². The second-order valence-corrected chi connectivity index (χ2v) is 23.0. The van der Waals surface area contributed by atoms with Gasteiger partial charge in [0.05, 0.1) is 6.61 Å². The summed E-state index contributed by atoms with van der Waals surface area (Å²) >= 11 is 4.35. The van der Waals surface area contributed by atoms with E-state index < -0.39 is 46.4 Å². The Morgan fingerprint density at radius 3 is 1.56 bits per heavy atom. The third-order valence-electron chi connectivity index (χ3n) is 14.7. The van der Waals surface area contributed by atoms with Crippen LogP contribution in [0, 0.1) is 0 Å². The number of β-lactam (4-membered cyclic amide) rings is 1. The largest absolute Gasteiger partial charge is 0.448 e. The first kappa shape index (κ1) is 53.1. The summed E-state index contributed by atoms with van der Waals surface area (Å²) in [5.74, 6) is -1.39. The lowest BCUT2D eigenvalue weighted by Gasteiger charge is -2.49. The molecule has 3 aliphatic rings. The number of thiazole rings is 1. The van der Waals surface area contributed by atoms with Crippen LogP contribution in [0.1, 0.15) is 62.7 Å². The van der Waals surface area contributed by atoms with Crippen molar-refractivity contribution in [2.75, 3.05) is 24.3 Å². The number of hydrogen-bond acceptors (Lipinski definition) is 12. The second kappa shape index (κ2) is 24.1. The number of nitrogens with one attached hydrogen (secondary N) is 2. The molecule has 81 heavy (non-hydrogen) atoms. The fraction of sp³-hybridized carbons (Fsp3) is 0.149. The van der Waals surface area contributed by atoms with E-state index in [1.807, 2.05) is 206 Å². The predicted molar refractivity (Wildman–Crippen MR) is 321 cm³/mol. The van der Waals surface area contributed by atoms with E-state index in [0.717, 1.165) is 55.8 Å². The Bertz CT molecular complexity index is 3440. The molecule has 0 saturated carbocycles. The highest BCUT2D eigenvalue weighted by molar-refractivity contribution is 8.06. The maximum Gasteiger partial charge on any atom is 0.356 e. The second-order valence-electron chi connectivity index (χ2n) is 19.7. The molecule has 0 aliphatic carbocycles. The maximum atomic E-state index is 15.5. The van der Waals surface area contributed by atoms with Crippen LogP contribution in [0.4, 0.5) is 5.13 Å². The predicted octanol–water partition coefficient (Wildman–Crippen LogP) is 12.7. The number of hydrogen-bond donors (Lipinski definition) is 2. The Morgan fingerprint density at radius 1 is 0.642 bits per heavy atom. The van der Waals surface area contributed by atoms with E-state index in [1.165, 1.54) is 28.0 Å². The Kier molecular flexibility index (Phi) is 15.8. The highest BCUT2D eigenvalue weighted by atomic mass is 32.2. The zero-order chi connectivity index (χ0) is 55.0. The van der Waals surface area contributed by atoms with Crippen molar-refractivity contribution in [1.29, 1.82) is 0 Å². The minimum absolute atomic E-state index is 0.0927. The van der Waals surface area contributed by atoms with Crippen molar-refractivity contribution in [2.45, 2.75) is 40.3 Å². The van der Waals surface area contributed by atoms with Crippen LogP contribution < -0.4 is 10.6 Å². The number of rotatable bonds is 19. The van der Waals surface area contributed by atoms with Crippen LogP contribution in [0.2, 0.25) is 0 Å². The lowest BCUT2D eigenvalue weighted by molar-refractivity contribution is -0.154. The van der Waals surface area contributed by atoms with Crippen LogP contribution in [-0.2, 0) is 39.8 Å². The summed E-state index contributed by atoms with van der Waals surface area (Å²) in [6, 6.07) is 78.0. The number of carbonyl (C=O) groups excluding carboxylic acids is 3. The van der Waals surface area contributed by atoms with Gasteiger partial charge in [0.25, 0.3) is 11.8 Å². The van der Waals surface area contributed by atoms with Gasteiger partial charge in [0, 0.05) is 44.6 Å². The fourth-order valence-corrected chi connectivity index (χ4v) is 14.3. The molecule has 2 saturated heterocycles. The van der Waals surface area contributed by atoms with Gasteiger partial charge in [-0.25, -0.2) is 9.78 Å². The smallest absolute Gasteiger partial charge is 0.356 e. The molecule has 12 rings (SSSR count). The number of thioether (sulfide) groups is 2. The monoisotopic (exact) mass is 1120 g/mol. The molecule has 3 atom stereocenters. The zero-order valence-electron chi connectivity index (χ0n) is 43.8. The molecule has 2 N–H and O–H groups in total. The first-order valence-electron chi connectivity index (χ1n) is 26.8. The molecule has 402 valence electrons. The number of oxime groups is 1. The summed E-state index contributed by atoms with van der Waals surface area (Å²) < 4.78 is 12.2.